The number of carbonyl (C=O) groups excluding carboxylic acids is 2. The first-order valence-electron chi connectivity index (χ1n) is 6.69. The fourth-order valence-corrected chi connectivity index (χ4v) is 2.09. The zero-order chi connectivity index (χ0) is 15.9. The molecule has 1 aromatic carbocycles. The first-order valence-corrected chi connectivity index (χ1v) is 7.48. The molecule has 1 aromatic rings. The molecule has 0 spiro atoms. The molecule has 1 rings (SSSR count). The third-order valence-corrected chi connectivity index (χ3v) is 3.64. The summed E-state index contributed by atoms with van der Waals surface area (Å²) in [4.78, 5) is 23.5. The Morgan fingerprint density at radius 2 is 1.90 bits per heavy atom. The number of alkyl carbamates (subject to hydrolysis) is 1. The molecule has 1 N–H and O–H groups in total. The molecular formula is C15H20BrNO4. The van der Waals surface area contributed by atoms with Crippen LogP contribution in [0.2, 0.25) is 0 Å². The molecule has 116 valence electrons. The maximum atomic E-state index is 12.1. The molecule has 6 heteroatoms. The molecule has 1 amide bonds. The van der Waals surface area contributed by atoms with Crippen molar-refractivity contribution in [3.05, 3.63) is 34.3 Å². The standard InChI is InChI=1S/C15H20BrNO4/c1-4-21-13(18)15(2,17-14(19)20-3)10-9-11-5-7-12(16)8-6-11/h5-8H,4,9-10H2,1-3H3,(H,17,19). The number of aryl methyl sites for hydroxylation is 1. The molecule has 0 saturated heterocycles. The molecule has 0 bridgehead atoms. The molecular weight excluding hydrogens is 338 g/mol. The van der Waals surface area contributed by atoms with Crippen molar-refractivity contribution in [3.8, 4) is 0 Å². The SMILES string of the molecule is CCOC(=O)C(C)(CCc1ccc(Br)cc1)NC(=O)OC. The van der Waals surface area contributed by atoms with Crippen LogP contribution in [0.4, 0.5) is 4.79 Å². The monoisotopic (exact) mass is 357 g/mol. The van der Waals surface area contributed by atoms with Crippen LogP contribution < -0.4 is 5.32 Å². The lowest BCUT2D eigenvalue weighted by Crippen LogP contribution is -2.53. The number of methoxy groups -OCH3 is 1. The maximum Gasteiger partial charge on any atom is 0.407 e. The van der Waals surface area contributed by atoms with Gasteiger partial charge in [0, 0.05) is 4.47 Å². The third kappa shape index (κ3) is 5.38. The normalized spacial score (nSPS) is 13.1. The highest BCUT2D eigenvalue weighted by molar-refractivity contribution is 9.10. The molecule has 0 fully saturated rings. The van der Waals surface area contributed by atoms with Crippen LogP contribution in [0.3, 0.4) is 0 Å². The number of nitrogens with one attached hydrogen (secondary N) is 1. The van der Waals surface area contributed by atoms with Crippen molar-refractivity contribution < 1.29 is 19.1 Å². The predicted octanol–water partition coefficient (Wildman–Crippen LogP) is 3.06. The van der Waals surface area contributed by atoms with Crippen molar-refractivity contribution in [1.82, 2.24) is 5.32 Å². The average Bonchev–Trinajstić information content (AvgIpc) is 2.46. The van der Waals surface area contributed by atoms with E-state index < -0.39 is 17.6 Å². The van der Waals surface area contributed by atoms with Crippen LogP contribution in [0.15, 0.2) is 28.7 Å². The van der Waals surface area contributed by atoms with E-state index in [1.165, 1.54) is 7.11 Å². The first-order chi connectivity index (χ1) is 9.91. The summed E-state index contributed by atoms with van der Waals surface area (Å²) in [6, 6.07) is 7.80. The number of ether oxygens (including phenoxy) is 2. The van der Waals surface area contributed by atoms with Gasteiger partial charge in [0.05, 0.1) is 13.7 Å². The summed E-state index contributed by atoms with van der Waals surface area (Å²) in [6.07, 6.45) is 0.399. The van der Waals surface area contributed by atoms with E-state index >= 15 is 0 Å². The number of halogens is 1. The van der Waals surface area contributed by atoms with Gasteiger partial charge >= 0.3 is 12.1 Å². The highest BCUT2D eigenvalue weighted by Gasteiger charge is 2.36. The zero-order valence-electron chi connectivity index (χ0n) is 12.4. The van der Waals surface area contributed by atoms with Gasteiger partial charge < -0.3 is 14.8 Å². The molecule has 0 aliphatic carbocycles. The topological polar surface area (TPSA) is 64.6 Å². The smallest absolute Gasteiger partial charge is 0.407 e. The number of rotatable bonds is 6. The van der Waals surface area contributed by atoms with Crippen molar-refractivity contribution in [2.75, 3.05) is 13.7 Å². The first kappa shape index (κ1) is 17.5. The Morgan fingerprint density at radius 3 is 2.43 bits per heavy atom. The van der Waals surface area contributed by atoms with Crippen LogP contribution in [-0.2, 0) is 20.7 Å². The van der Waals surface area contributed by atoms with Crippen molar-refractivity contribution in [1.29, 1.82) is 0 Å². The minimum Gasteiger partial charge on any atom is -0.464 e. The summed E-state index contributed by atoms with van der Waals surface area (Å²) in [5.41, 5.74) is -0.0451. The van der Waals surface area contributed by atoms with E-state index in [1.54, 1.807) is 13.8 Å². The lowest BCUT2D eigenvalue weighted by Gasteiger charge is -2.27. The molecule has 0 aromatic heterocycles. The van der Waals surface area contributed by atoms with E-state index in [1.807, 2.05) is 24.3 Å². The molecule has 5 nitrogen and oxygen atoms in total. The van der Waals surface area contributed by atoms with E-state index in [0.717, 1.165) is 10.0 Å². The van der Waals surface area contributed by atoms with Crippen LogP contribution in [-0.4, -0.2) is 31.3 Å². The number of hydrogen-bond acceptors (Lipinski definition) is 4. The van der Waals surface area contributed by atoms with Gasteiger partial charge in [-0.1, -0.05) is 28.1 Å². The van der Waals surface area contributed by atoms with Gasteiger partial charge in [-0.2, -0.15) is 0 Å². The summed E-state index contributed by atoms with van der Waals surface area (Å²) in [5.74, 6) is -0.465. The molecule has 0 heterocycles. The Labute approximate surface area is 133 Å². The maximum absolute atomic E-state index is 12.1. The number of esters is 1. The second kappa shape index (κ2) is 8.02. The van der Waals surface area contributed by atoms with Gasteiger partial charge in [0.1, 0.15) is 5.54 Å². The molecule has 21 heavy (non-hydrogen) atoms. The fourth-order valence-electron chi connectivity index (χ4n) is 1.83. The number of hydrogen-bond donors (Lipinski definition) is 1. The van der Waals surface area contributed by atoms with E-state index in [4.69, 9.17) is 4.74 Å². The van der Waals surface area contributed by atoms with Crippen LogP contribution >= 0.6 is 15.9 Å². The lowest BCUT2D eigenvalue weighted by molar-refractivity contribution is -0.150. The summed E-state index contributed by atoms with van der Waals surface area (Å²) < 4.78 is 10.6. The van der Waals surface area contributed by atoms with Gasteiger partial charge in [-0.15, -0.1) is 0 Å². The van der Waals surface area contributed by atoms with Gasteiger partial charge in [0.15, 0.2) is 0 Å². The quantitative estimate of drug-likeness (QED) is 0.794. The fraction of sp³-hybridized carbons (Fsp3) is 0.467. The second-order valence-corrected chi connectivity index (χ2v) is 5.71. The van der Waals surface area contributed by atoms with Crippen LogP contribution in [0.1, 0.15) is 25.8 Å². The molecule has 1 atom stereocenters. The van der Waals surface area contributed by atoms with Crippen molar-refractivity contribution in [2.24, 2.45) is 0 Å². The Balaban J connectivity index is 2.78. The van der Waals surface area contributed by atoms with Crippen LogP contribution in [0, 0.1) is 0 Å². The number of benzene rings is 1. The summed E-state index contributed by atoms with van der Waals surface area (Å²) in [7, 11) is 1.26. The van der Waals surface area contributed by atoms with Gasteiger partial charge in [-0.3, -0.25) is 0 Å². The molecule has 1 unspecified atom stereocenters. The Kier molecular flexibility index (Phi) is 6.68. The summed E-state index contributed by atoms with van der Waals surface area (Å²) in [5, 5.41) is 2.56. The van der Waals surface area contributed by atoms with Gasteiger partial charge in [-0.05, 0) is 44.4 Å². The van der Waals surface area contributed by atoms with Crippen molar-refractivity contribution in [2.45, 2.75) is 32.2 Å². The third-order valence-electron chi connectivity index (χ3n) is 3.12. The Hall–Kier alpha value is -1.56. The van der Waals surface area contributed by atoms with E-state index in [0.29, 0.717) is 12.8 Å². The summed E-state index contributed by atoms with van der Waals surface area (Å²) in [6.45, 7) is 3.63. The minimum absolute atomic E-state index is 0.259. The largest absolute Gasteiger partial charge is 0.464 e. The zero-order valence-corrected chi connectivity index (χ0v) is 14.0. The predicted molar refractivity (Wildman–Crippen MR) is 83.0 cm³/mol. The van der Waals surface area contributed by atoms with E-state index in [9.17, 15) is 9.59 Å². The second-order valence-electron chi connectivity index (χ2n) is 4.80. The van der Waals surface area contributed by atoms with E-state index in [2.05, 4.69) is 26.0 Å². The Bertz CT molecular complexity index is 489. The average molecular weight is 358 g/mol. The lowest BCUT2D eigenvalue weighted by atomic mass is 9.93. The highest BCUT2D eigenvalue weighted by Crippen LogP contribution is 2.18. The van der Waals surface area contributed by atoms with Gasteiger partial charge in [0.2, 0.25) is 0 Å². The minimum atomic E-state index is -1.11. The number of carbonyl (C=O) groups is 2. The van der Waals surface area contributed by atoms with Crippen LogP contribution in [0.25, 0.3) is 0 Å². The highest BCUT2D eigenvalue weighted by atomic mass is 79.9. The van der Waals surface area contributed by atoms with E-state index in [-0.39, 0.29) is 6.61 Å². The summed E-state index contributed by atoms with van der Waals surface area (Å²) >= 11 is 3.37. The van der Waals surface area contributed by atoms with Gasteiger partial charge in [0.25, 0.3) is 0 Å². The van der Waals surface area contributed by atoms with Gasteiger partial charge in [-0.25, -0.2) is 9.59 Å². The molecule has 0 aliphatic heterocycles. The van der Waals surface area contributed by atoms with Crippen molar-refractivity contribution >= 4 is 28.0 Å². The van der Waals surface area contributed by atoms with Crippen LogP contribution in [0.5, 0.6) is 0 Å². The number of amides is 1. The molecule has 0 aliphatic rings. The van der Waals surface area contributed by atoms with Crippen molar-refractivity contribution in [3.63, 3.8) is 0 Å². The molecule has 0 saturated carbocycles. The molecule has 0 radical (unpaired) electrons. The Morgan fingerprint density at radius 1 is 1.29 bits per heavy atom.